The number of ether oxygens (including phenoxy) is 2. The van der Waals surface area contributed by atoms with Crippen LogP contribution in [-0.2, 0) is 0 Å². The summed E-state index contributed by atoms with van der Waals surface area (Å²) in [7, 11) is 0. The molecule has 30 heavy (non-hydrogen) atoms. The van der Waals surface area contributed by atoms with E-state index in [0.29, 0.717) is 34.3 Å². The van der Waals surface area contributed by atoms with Gasteiger partial charge in [0.05, 0.1) is 22.9 Å². The van der Waals surface area contributed by atoms with Gasteiger partial charge in [0.2, 0.25) is 0 Å². The lowest BCUT2D eigenvalue weighted by Gasteiger charge is -2.09. The molecule has 0 unspecified atom stereocenters. The Morgan fingerprint density at radius 2 is 1.73 bits per heavy atom. The quantitative estimate of drug-likeness (QED) is 0.226. The molecule has 0 amide bonds. The lowest BCUT2D eigenvalue weighted by Crippen LogP contribution is -2.09. The Labute approximate surface area is 181 Å². The number of hydrogen-bond donors (Lipinski definition) is 0. The third kappa shape index (κ3) is 5.45. The Hall–Kier alpha value is -3.18. The molecular weight excluding hydrogens is 400 g/mol. The first-order chi connectivity index (χ1) is 14.5. The number of rotatable bonds is 7. The summed E-state index contributed by atoms with van der Waals surface area (Å²) in [6.45, 7) is 6.45. The highest BCUT2D eigenvalue weighted by Gasteiger charge is 2.11. The first-order valence-corrected chi connectivity index (χ1v) is 10.1. The van der Waals surface area contributed by atoms with Gasteiger partial charge in [-0.1, -0.05) is 30.7 Å². The van der Waals surface area contributed by atoms with Gasteiger partial charge < -0.3 is 9.47 Å². The van der Waals surface area contributed by atoms with Crippen molar-refractivity contribution >= 4 is 28.9 Å². The van der Waals surface area contributed by atoms with Gasteiger partial charge in [-0.2, -0.15) is 5.11 Å². The van der Waals surface area contributed by atoms with Crippen molar-refractivity contribution in [1.82, 2.24) is 0 Å². The average molecular weight is 423 g/mol. The third-order valence-electron chi connectivity index (χ3n) is 4.37. The van der Waals surface area contributed by atoms with Crippen LogP contribution in [0.5, 0.6) is 11.5 Å². The topological polar surface area (TPSA) is 60.2 Å². The average Bonchev–Trinajstić information content (AvgIpc) is 2.75. The maximum atomic E-state index is 12.4. The summed E-state index contributed by atoms with van der Waals surface area (Å²) >= 11 is 6.25. The highest BCUT2D eigenvalue weighted by atomic mass is 35.5. The van der Waals surface area contributed by atoms with Crippen LogP contribution < -0.4 is 9.47 Å². The summed E-state index contributed by atoms with van der Waals surface area (Å²) in [5.41, 5.74) is 3.42. The Kier molecular flexibility index (Phi) is 7.20. The van der Waals surface area contributed by atoms with Crippen LogP contribution >= 0.6 is 11.6 Å². The van der Waals surface area contributed by atoms with Gasteiger partial charge >= 0.3 is 5.97 Å². The first-order valence-electron chi connectivity index (χ1n) is 9.70. The molecule has 0 fully saturated rings. The van der Waals surface area contributed by atoms with Crippen molar-refractivity contribution in [2.75, 3.05) is 6.61 Å². The number of azo groups is 1. The number of carbonyl (C=O) groups excluding carboxylic acids is 1. The SMILES string of the molecule is CCCOc1ccc(C(=O)Oc2ccc(N=Nc3cccc(C)c3Cl)cc2C)cc1. The Balaban J connectivity index is 1.68. The fraction of sp³-hybridized carbons (Fsp3) is 0.208. The molecule has 0 radical (unpaired) electrons. The van der Waals surface area contributed by atoms with E-state index < -0.39 is 5.97 Å². The maximum Gasteiger partial charge on any atom is 0.343 e. The summed E-state index contributed by atoms with van der Waals surface area (Å²) in [6.07, 6.45) is 0.927. The largest absolute Gasteiger partial charge is 0.494 e. The molecule has 0 heterocycles. The molecule has 0 aliphatic heterocycles. The van der Waals surface area contributed by atoms with E-state index >= 15 is 0 Å². The summed E-state index contributed by atoms with van der Waals surface area (Å²) in [5, 5.41) is 9.04. The number of carbonyl (C=O) groups is 1. The Morgan fingerprint density at radius 1 is 0.967 bits per heavy atom. The molecular formula is C24H23ClN2O3. The van der Waals surface area contributed by atoms with Gasteiger partial charge in [0.15, 0.2) is 0 Å². The monoisotopic (exact) mass is 422 g/mol. The van der Waals surface area contributed by atoms with Crippen molar-refractivity contribution in [2.24, 2.45) is 10.2 Å². The zero-order valence-corrected chi connectivity index (χ0v) is 17.9. The molecule has 0 saturated carbocycles. The second-order valence-corrected chi connectivity index (χ2v) is 7.20. The number of hydrogen-bond acceptors (Lipinski definition) is 5. The second kappa shape index (κ2) is 10.0. The molecule has 0 aromatic heterocycles. The van der Waals surface area contributed by atoms with Crippen molar-refractivity contribution in [3.8, 4) is 11.5 Å². The van der Waals surface area contributed by atoms with Gasteiger partial charge in [-0.15, -0.1) is 5.11 Å². The van der Waals surface area contributed by atoms with Gasteiger partial charge in [0.1, 0.15) is 17.2 Å². The zero-order chi connectivity index (χ0) is 21.5. The van der Waals surface area contributed by atoms with Gasteiger partial charge in [-0.05, 0) is 79.9 Å². The van der Waals surface area contributed by atoms with Crippen LogP contribution in [0, 0.1) is 13.8 Å². The zero-order valence-electron chi connectivity index (χ0n) is 17.2. The minimum absolute atomic E-state index is 0.430. The molecule has 0 aliphatic carbocycles. The molecule has 5 nitrogen and oxygen atoms in total. The van der Waals surface area contributed by atoms with Crippen LogP contribution in [0.1, 0.15) is 34.8 Å². The summed E-state index contributed by atoms with van der Waals surface area (Å²) in [5.74, 6) is 0.771. The van der Waals surface area contributed by atoms with Crippen LogP contribution in [0.2, 0.25) is 5.02 Å². The summed E-state index contributed by atoms with van der Waals surface area (Å²) < 4.78 is 11.1. The molecule has 3 aromatic rings. The molecule has 0 spiro atoms. The minimum atomic E-state index is -0.430. The van der Waals surface area contributed by atoms with E-state index in [9.17, 15) is 4.79 Å². The number of aryl methyl sites for hydroxylation is 2. The smallest absolute Gasteiger partial charge is 0.343 e. The normalized spacial score (nSPS) is 10.9. The second-order valence-electron chi connectivity index (χ2n) is 6.82. The van der Waals surface area contributed by atoms with E-state index in [0.717, 1.165) is 23.3 Å². The van der Waals surface area contributed by atoms with Gasteiger partial charge in [-0.25, -0.2) is 4.79 Å². The maximum absolute atomic E-state index is 12.4. The lowest BCUT2D eigenvalue weighted by molar-refractivity contribution is 0.0733. The molecule has 3 rings (SSSR count). The number of esters is 1. The summed E-state index contributed by atoms with van der Waals surface area (Å²) in [4.78, 5) is 12.4. The molecule has 0 bridgehead atoms. The number of halogens is 1. The van der Waals surface area contributed by atoms with Crippen molar-refractivity contribution < 1.29 is 14.3 Å². The standard InChI is InChI=1S/C24H23ClN2O3/c1-4-14-29-20-11-8-18(9-12-20)24(28)30-22-13-10-19(15-17(22)3)26-27-21-7-5-6-16(2)23(21)25/h5-13,15H,4,14H2,1-3H3. The number of benzene rings is 3. The summed E-state index contributed by atoms with van der Waals surface area (Å²) in [6, 6.07) is 17.8. The molecule has 0 N–H and O–H groups in total. The Morgan fingerprint density at radius 3 is 2.43 bits per heavy atom. The Bertz CT molecular complexity index is 1060. The predicted octanol–water partition coefficient (Wildman–Crippen LogP) is 7.38. The van der Waals surface area contributed by atoms with Crippen LogP contribution in [0.15, 0.2) is 70.9 Å². The van der Waals surface area contributed by atoms with Crippen LogP contribution in [0.4, 0.5) is 11.4 Å². The van der Waals surface area contributed by atoms with E-state index in [1.165, 1.54) is 0 Å². The van der Waals surface area contributed by atoms with Crippen molar-refractivity contribution in [3.05, 3.63) is 82.4 Å². The highest BCUT2D eigenvalue weighted by Crippen LogP contribution is 2.31. The minimum Gasteiger partial charge on any atom is -0.494 e. The van der Waals surface area contributed by atoms with E-state index in [2.05, 4.69) is 10.2 Å². The van der Waals surface area contributed by atoms with E-state index in [1.54, 1.807) is 48.5 Å². The molecule has 3 aromatic carbocycles. The van der Waals surface area contributed by atoms with E-state index in [-0.39, 0.29) is 0 Å². The van der Waals surface area contributed by atoms with Crippen molar-refractivity contribution in [2.45, 2.75) is 27.2 Å². The first kappa shape index (κ1) is 21.5. The van der Waals surface area contributed by atoms with Gasteiger partial charge in [0.25, 0.3) is 0 Å². The van der Waals surface area contributed by atoms with Crippen LogP contribution in [0.3, 0.4) is 0 Å². The van der Waals surface area contributed by atoms with Crippen molar-refractivity contribution in [3.63, 3.8) is 0 Å². The van der Waals surface area contributed by atoms with Crippen LogP contribution in [-0.4, -0.2) is 12.6 Å². The molecule has 154 valence electrons. The predicted molar refractivity (Wildman–Crippen MR) is 119 cm³/mol. The molecule has 0 saturated heterocycles. The highest BCUT2D eigenvalue weighted by molar-refractivity contribution is 6.33. The third-order valence-corrected chi connectivity index (χ3v) is 4.86. The van der Waals surface area contributed by atoms with Gasteiger partial charge in [0, 0.05) is 0 Å². The molecule has 6 heteroatoms. The lowest BCUT2D eigenvalue weighted by atomic mass is 10.2. The van der Waals surface area contributed by atoms with E-state index in [1.807, 2.05) is 32.9 Å². The fourth-order valence-corrected chi connectivity index (χ4v) is 2.86. The van der Waals surface area contributed by atoms with Crippen molar-refractivity contribution in [1.29, 1.82) is 0 Å². The van der Waals surface area contributed by atoms with E-state index in [4.69, 9.17) is 21.1 Å². The molecule has 0 atom stereocenters. The fourth-order valence-electron chi connectivity index (χ4n) is 2.70. The van der Waals surface area contributed by atoms with Gasteiger partial charge in [-0.3, -0.25) is 0 Å². The molecule has 0 aliphatic rings. The van der Waals surface area contributed by atoms with Crippen LogP contribution in [0.25, 0.3) is 0 Å². The number of nitrogens with zero attached hydrogens (tertiary/aromatic N) is 2.